The molecule has 9 heteroatoms. The molecular weight excluding hydrogens is 546 g/mol. The van der Waals surface area contributed by atoms with Crippen molar-refractivity contribution in [3.63, 3.8) is 0 Å². The summed E-state index contributed by atoms with van der Waals surface area (Å²) in [6.07, 6.45) is 4.13. The van der Waals surface area contributed by atoms with Crippen molar-refractivity contribution >= 4 is 5.97 Å². The number of carbonyl (C=O) groups is 1. The minimum atomic E-state index is -0.443. The molecule has 4 heterocycles. The van der Waals surface area contributed by atoms with Crippen LogP contribution in [0.1, 0.15) is 70.8 Å². The summed E-state index contributed by atoms with van der Waals surface area (Å²) in [7, 11) is 3.86. The zero-order valence-electron chi connectivity index (χ0n) is 26.0. The Morgan fingerprint density at radius 3 is 2.60 bits per heavy atom. The first-order valence-electron chi connectivity index (χ1n) is 15.2. The molecule has 0 aliphatic carbocycles. The highest BCUT2D eigenvalue weighted by Gasteiger charge is 2.56. The summed E-state index contributed by atoms with van der Waals surface area (Å²) < 4.78 is 30.3. The molecule has 0 radical (unpaired) electrons. The Balaban J connectivity index is 1.59. The number of nitrogens with zero attached hydrogens (tertiary/aromatic N) is 3. The molecule has 43 heavy (non-hydrogen) atoms. The fraction of sp³-hybridized carbons (Fsp3) is 0.529. The second kappa shape index (κ2) is 11.4. The van der Waals surface area contributed by atoms with Crippen molar-refractivity contribution in [3.05, 3.63) is 57.7 Å². The van der Waals surface area contributed by atoms with Crippen LogP contribution in [0.2, 0.25) is 0 Å². The lowest BCUT2D eigenvalue weighted by atomic mass is 9.71. The lowest BCUT2D eigenvalue weighted by Gasteiger charge is -2.60. The molecule has 1 unspecified atom stereocenters. The summed E-state index contributed by atoms with van der Waals surface area (Å²) >= 11 is 0. The number of aryl methyl sites for hydroxylation is 1. The Labute approximate surface area is 253 Å². The molecule has 228 valence electrons. The predicted molar refractivity (Wildman–Crippen MR) is 161 cm³/mol. The molecule has 0 saturated carbocycles. The molecule has 4 aliphatic rings. The van der Waals surface area contributed by atoms with Gasteiger partial charge in [0, 0.05) is 35.2 Å². The second-order valence-electron chi connectivity index (χ2n) is 12.1. The van der Waals surface area contributed by atoms with Gasteiger partial charge in [-0.25, -0.2) is 0 Å². The number of rotatable bonds is 8. The average Bonchev–Trinajstić information content (AvgIpc) is 3.47. The van der Waals surface area contributed by atoms with Gasteiger partial charge in [0.05, 0.1) is 25.3 Å². The van der Waals surface area contributed by atoms with Crippen molar-refractivity contribution in [2.75, 3.05) is 34.2 Å². The number of methoxy groups -OCH3 is 1. The number of piperazine rings is 1. The lowest BCUT2D eigenvalue weighted by molar-refractivity contribution is -0.149. The van der Waals surface area contributed by atoms with E-state index >= 15 is 0 Å². The van der Waals surface area contributed by atoms with Crippen LogP contribution in [0.15, 0.2) is 18.7 Å². The van der Waals surface area contributed by atoms with Gasteiger partial charge in [0.15, 0.2) is 11.5 Å². The summed E-state index contributed by atoms with van der Waals surface area (Å²) in [6.45, 7) is 12.6. The number of carbonyl (C=O) groups excluding carboxylic acids is 1. The first kappa shape index (κ1) is 29.3. The smallest absolute Gasteiger partial charge is 0.305 e. The second-order valence-corrected chi connectivity index (χ2v) is 12.1. The molecule has 6 rings (SSSR count). The first-order valence-corrected chi connectivity index (χ1v) is 15.2. The SMILES string of the molecule is C=CCOc1c(C)c2c(c3c1CC1[C@H]4c5c(cc(C)c(OC)c5C)C[C@H]([C@H](C#N)N1[C@H]3COC(=O)CCC)N4C)OCO2. The van der Waals surface area contributed by atoms with E-state index in [9.17, 15) is 10.1 Å². The molecule has 0 amide bonds. The zero-order valence-corrected chi connectivity index (χ0v) is 26.0. The van der Waals surface area contributed by atoms with Gasteiger partial charge < -0.3 is 23.7 Å². The number of esters is 1. The van der Waals surface area contributed by atoms with Crippen molar-refractivity contribution in [2.45, 2.75) is 83.6 Å². The zero-order chi connectivity index (χ0) is 30.6. The van der Waals surface area contributed by atoms with Crippen LogP contribution in [0.25, 0.3) is 0 Å². The van der Waals surface area contributed by atoms with Gasteiger partial charge in [-0.3, -0.25) is 14.6 Å². The number of benzene rings is 2. The van der Waals surface area contributed by atoms with Gasteiger partial charge in [-0.1, -0.05) is 25.6 Å². The third-order valence-corrected chi connectivity index (χ3v) is 9.74. The van der Waals surface area contributed by atoms with Crippen LogP contribution in [-0.4, -0.2) is 68.1 Å². The fourth-order valence-electron chi connectivity index (χ4n) is 8.11. The third kappa shape index (κ3) is 4.46. The quantitative estimate of drug-likeness (QED) is 0.311. The van der Waals surface area contributed by atoms with Crippen LogP contribution >= 0.6 is 0 Å². The number of hydrogen-bond acceptors (Lipinski definition) is 9. The Bertz CT molecular complexity index is 1510. The molecule has 1 fully saturated rings. The highest BCUT2D eigenvalue weighted by Crippen LogP contribution is 2.57. The Morgan fingerprint density at radius 2 is 1.91 bits per heavy atom. The molecule has 9 nitrogen and oxygen atoms in total. The topological polar surface area (TPSA) is 93.5 Å². The number of ether oxygens (including phenoxy) is 5. The Kier molecular flexibility index (Phi) is 7.78. The van der Waals surface area contributed by atoms with Crippen LogP contribution in [-0.2, 0) is 22.4 Å². The molecule has 4 aliphatic heterocycles. The Morgan fingerprint density at radius 1 is 1.14 bits per heavy atom. The normalized spacial score (nSPS) is 25.2. The van der Waals surface area contributed by atoms with Crippen molar-refractivity contribution < 1.29 is 28.5 Å². The van der Waals surface area contributed by atoms with E-state index in [-0.39, 0.29) is 37.5 Å². The number of fused-ring (bicyclic) bond motifs is 9. The van der Waals surface area contributed by atoms with Crippen molar-refractivity contribution in [3.8, 4) is 29.1 Å². The number of likely N-dealkylation sites (N-methyl/N-ethyl adjacent to an activating group) is 1. The van der Waals surface area contributed by atoms with E-state index in [0.717, 1.165) is 45.7 Å². The molecule has 0 spiro atoms. The van der Waals surface area contributed by atoms with Gasteiger partial charge in [0.2, 0.25) is 6.79 Å². The maximum absolute atomic E-state index is 12.7. The fourth-order valence-corrected chi connectivity index (χ4v) is 8.11. The molecule has 2 aromatic rings. The molecule has 0 aromatic heterocycles. The molecule has 2 aromatic carbocycles. The summed E-state index contributed by atoms with van der Waals surface area (Å²) in [5, 5.41) is 10.8. The minimum absolute atomic E-state index is 0.0205. The largest absolute Gasteiger partial charge is 0.496 e. The van der Waals surface area contributed by atoms with Gasteiger partial charge in [0.25, 0.3) is 0 Å². The molecule has 5 atom stereocenters. The minimum Gasteiger partial charge on any atom is -0.496 e. The summed E-state index contributed by atoms with van der Waals surface area (Å²) in [5.74, 6) is 2.69. The van der Waals surface area contributed by atoms with Crippen LogP contribution in [0.3, 0.4) is 0 Å². The molecule has 0 N–H and O–H groups in total. The molecule has 2 bridgehead atoms. The van der Waals surface area contributed by atoms with Crippen molar-refractivity contribution in [1.82, 2.24) is 9.80 Å². The van der Waals surface area contributed by atoms with E-state index in [2.05, 4.69) is 49.4 Å². The third-order valence-electron chi connectivity index (χ3n) is 9.74. The van der Waals surface area contributed by atoms with Crippen LogP contribution in [0.4, 0.5) is 0 Å². The van der Waals surface area contributed by atoms with E-state index in [0.29, 0.717) is 37.4 Å². The highest BCUT2D eigenvalue weighted by molar-refractivity contribution is 5.70. The van der Waals surface area contributed by atoms with Crippen LogP contribution in [0.5, 0.6) is 23.0 Å². The van der Waals surface area contributed by atoms with E-state index in [1.807, 2.05) is 13.8 Å². The summed E-state index contributed by atoms with van der Waals surface area (Å²) in [4.78, 5) is 17.4. The average molecular weight is 588 g/mol. The van der Waals surface area contributed by atoms with Crippen LogP contribution in [0, 0.1) is 32.1 Å². The first-order chi connectivity index (χ1) is 20.8. The van der Waals surface area contributed by atoms with E-state index in [4.69, 9.17) is 23.7 Å². The standard InChI is InChI=1S/C34H41N3O6/c1-8-10-27(38)41-16-26-29-22(32(40-11-9-2)20(5)33-34(29)43-17-42-33)14-24-30-28-19(4)31(39-7)18(3)12-21(28)13-23(36(30)6)25(15-35)37(24)26/h9,12,23-26,30H,2,8,10-11,13-14,16-17H2,1,3-7H3/t23-,24?,25+,26+,30+/m1/s1. The monoisotopic (exact) mass is 587 g/mol. The predicted octanol–water partition coefficient (Wildman–Crippen LogP) is 5.03. The van der Waals surface area contributed by atoms with Gasteiger partial charge in [0.1, 0.15) is 30.8 Å². The van der Waals surface area contributed by atoms with E-state index < -0.39 is 12.1 Å². The van der Waals surface area contributed by atoms with Crippen molar-refractivity contribution in [2.24, 2.45) is 0 Å². The summed E-state index contributed by atoms with van der Waals surface area (Å²) in [6, 6.07) is 3.87. The van der Waals surface area contributed by atoms with Gasteiger partial charge in [-0.05, 0) is 69.3 Å². The van der Waals surface area contributed by atoms with Gasteiger partial charge in [-0.2, -0.15) is 5.26 Å². The van der Waals surface area contributed by atoms with Gasteiger partial charge >= 0.3 is 5.97 Å². The Hall–Kier alpha value is -3.74. The number of nitriles is 1. The maximum Gasteiger partial charge on any atom is 0.305 e. The van der Waals surface area contributed by atoms with Gasteiger partial charge in [-0.15, -0.1) is 0 Å². The van der Waals surface area contributed by atoms with Crippen molar-refractivity contribution in [1.29, 1.82) is 5.26 Å². The highest BCUT2D eigenvalue weighted by atomic mass is 16.7. The maximum atomic E-state index is 12.7. The lowest BCUT2D eigenvalue weighted by Crippen LogP contribution is -2.68. The number of hydrogen-bond donors (Lipinski definition) is 0. The van der Waals surface area contributed by atoms with Crippen LogP contribution < -0.4 is 18.9 Å². The summed E-state index contributed by atoms with van der Waals surface area (Å²) in [5.41, 5.74) is 7.52. The molecular formula is C34H41N3O6. The molecule has 1 saturated heterocycles. The van der Waals surface area contributed by atoms with E-state index in [1.54, 1.807) is 13.2 Å². The van der Waals surface area contributed by atoms with E-state index in [1.165, 1.54) is 11.1 Å².